The van der Waals surface area contributed by atoms with E-state index < -0.39 is 36.6 Å². The molecule has 32 heavy (non-hydrogen) atoms. The molecule has 0 radical (unpaired) electrons. The third kappa shape index (κ3) is 5.96. The number of carbonyl (C=O) groups excluding carboxylic acids is 1. The second kappa shape index (κ2) is 11.7. The van der Waals surface area contributed by atoms with Gasteiger partial charge in [0.05, 0.1) is 16.6 Å². The van der Waals surface area contributed by atoms with Crippen molar-refractivity contribution in [1.82, 2.24) is 0 Å². The van der Waals surface area contributed by atoms with E-state index in [-0.39, 0.29) is 18.3 Å². The Bertz CT molecular complexity index is 807. The van der Waals surface area contributed by atoms with Gasteiger partial charge in [0.2, 0.25) is 6.17 Å². The number of esters is 1. The summed E-state index contributed by atoms with van der Waals surface area (Å²) in [5, 5.41) is 22.6. The zero-order valence-corrected chi connectivity index (χ0v) is 22.0. The molecular weight excluding hydrogens is 542 g/mol. The summed E-state index contributed by atoms with van der Waals surface area (Å²) in [7, 11) is -2.84. The van der Waals surface area contributed by atoms with Crippen molar-refractivity contribution in [1.29, 1.82) is 0 Å². The van der Waals surface area contributed by atoms with Crippen LogP contribution >= 0.6 is 22.6 Å². The molecule has 2 aromatic rings. The number of hydrogen-bond donors (Lipinski definition) is 2. The van der Waals surface area contributed by atoms with Crippen LogP contribution in [0.25, 0.3) is 0 Å². The van der Waals surface area contributed by atoms with Crippen molar-refractivity contribution in [2.45, 2.75) is 55.0 Å². The lowest BCUT2D eigenvalue weighted by Gasteiger charge is -2.43. The van der Waals surface area contributed by atoms with Crippen LogP contribution in [0.2, 0.25) is 5.04 Å². The average molecular weight is 575 g/mol. The maximum absolute atomic E-state index is 14.3. The molecule has 0 aliphatic carbocycles. The van der Waals surface area contributed by atoms with Crippen LogP contribution in [0, 0.1) is 0 Å². The van der Waals surface area contributed by atoms with Crippen LogP contribution in [0.15, 0.2) is 60.7 Å². The number of carbonyl (C=O) groups is 1. The Morgan fingerprint density at radius 1 is 1.00 bits per heavy atom. The van der Waals surface area contributed by atoms with Crippen LogP contribution in [-0.4, -0.2) is 60.0 Å². The molecule has 0 heterocycles. The molecule has 5 nitrogen and oxygen atoms in total. The van der Waals surface area contributed by atoms with E-state index in [2.05, 4.69) is 49.8 Å². The first kappa shape index (κ1) is 26.9. The second-order valence-electron chi connectivity index (χ2n) is 8.63. The van der Waals surface area contributed by atoms with Crippen molar-refractivity contribution in [2.75, 3.05) is 13.2 Å². The number of benzene rings is 2. The van der Waals surface area contributed by atoms with Gasteiger partial charge in [-0.1, -0.05) is 104 Å². The zero-order chi connectivity index (χ0) is 23.9. The number of rotatable bonds is 10. The highest BCUT2D eigenvalue weighted by Crippen LogP contribution is 2.37. The van der Waals surface area contributed by atoms with Crippen LogP contribution < -0.4 is 10.4 Å². The fourth-order valence-electron chi connectivity index (χ4n) is 3.81. The van der Waals surface area contributed by atoms with E-state index in [1.807, 2.05) is 59.0 Å². The molecule has 0 amide bonds. The van der Waals surface area contributed by atoms with Crippen LogP contribution in [-0.2, 0) is 14.0 Å². The largest absolute Gasteiger partial charge is 0.464 e. The van der Waals surface area contributed by atoms with E-state index in [1.165, 1.54) is 0 Å². The number of aliphatic hydroxyl groups excluding tert-OH is 2. The number of ether oxygens (including phenoxy) is 1. The SMILES string of the molecule is CCOC(=O)[C@H](F)[C@H](O)[C@H](O)[C@H](I)CO[Si](c1ccccc1)(c1ccccc1)C(C)(C)C. The molecule has 8 heteroatoms. The summed E-state index contributed by atoms with van der Waals surface area (Å²) in [4.78, 5) is 11.6. The summed E-state index contributed by atoms with van der Waals surface area (Å²) in [5.74, 6) is -1.18. The first-order valence-corrected chi connectivity index (χ1v) is 13.8. The molecule has 2 N–H and O–H groups in total. The van der Waals surface area contributed by atoms with Crippen molar-refractivity contribution in [2.24, 2.45) is 0 Å². The smallest absolute Gasteiger partial charge is 0.343 e. The van der Waals surface area contributed by atoms with Crippen molar-refractivity contribution in [3.8, 4) is 0 Å². The fraction of sp³-hybridized carbons (Fsp3) is 0.458. The van der Waals surface area contributed by atoms with Crippen molar-refractivity contribution >= 4 is 47.3 Å². The molecule has 0 saturated heterocycles. The Morgan fingerprint density at radius 3 is 1.88 bits per heavy atom. The Kier molecular flexibility index (Phi) is 9.83. The van der Waals surface area contributed by atoms with E-state index in [9.17, 15) is 19.4 Å². The highest BCUT2D eigenvalue weighted by atomic mass is 127. The molecule has 0 saturated carbocycles. The first-order chi connectivity index (χ1) is 15.1. The molecule has 0 aliphatic rings. The van der Waals surface area contributed by atoms with E-state index in [0.29, 0.717) is 0 Å². The monoisotopic (exact) mass is 574 g/mol. The minimum Gasteiger partial charge on any atom is -0.464 e. The minimum atomic E-state index is -2.84. The predicted molar refractivity (Wildman–Crippen MR) is 135 cm³/mol. The van der Waals surface area contributed by atoms with Crippen molar-refractivity contribution in [3.63, 3.8) is 0 Å². The number of halogens is 2. The Morgan fingerprint density at radius 2 is 1.47 bits per heavy atom. The quantitative estimate of drug-likeness (QED) is 0.198. The molecule has 0 spiro atoms. The van der Waals surface area contributed by atoms with E-state index in [1.54, 1.807) is 6.92 Å². The van der Waals surface area contributed by atoms with Crippen LogP contribution in [0.1, 0.15) is 27.7 Å². The summed E-state index contributed by atoms with van der Waals surface area (Å²) in [6.07, 6.45) is -5.73. The lowest BCUT2D eigenvalue weighted by atomic mass is 10.1. The van der Waals surface area contributed by atoms with Gasteiger partial charge in [-0.3, -0.25) is 0 Å². The number of hydrogen-bond acceptors (Lipinski definition) is 5. The predicted octanol–water partition coefficient (Wildman–Crippen LogP) is 2.99. The summed E-state index contributed by atoms with van der Waals surface area (Å²) < 4.78 is 24.9. The first-order valence-electron chi connectivity index (χ1n) is 10.6. The molecule has 4 atom stereocenters. The molecule has 0 bridgehead atoms. The summed E-state index contributed by atoms with van der Waals surface area (Å²) in [6.45, 7) is 8.00. The van der Waals surface area contributed by atoms with Gasteiger partial charge in [0.15, 0.2) is 0 Å². The minimum absolute atomic E-state index is 0.00724. The van der Waals surface area contributed by atoms with Gasteiger partial charge in [-0.15, -0.1) is 0 Å². The highest BCUT2D eigenvalue weighted by molar-refractivity contribution is 14.1. The Balaban J connectivity index is 2.34. The third-order valence-electron chi connectivity index (χ3n) is 5.41. The van der Waals surface area contributed by atoms with Gasteiger partial charge in [-0.25, -0.2) is 9.18 Å². The van der Waals surface area contributed by atoms with Gasteiger partial charge in [0.25, 0.3) is 8.32 Å². The normalized spacial score (nSPS) is 16.1. The molecule has 0 fully saturated rings. The number of aliphatic hydroxyl groups is 2. The highest BCUT2D eigenvalue weighted by Gasteiger charge is 2.50. The molecular formula is C24H32FIO5Si. The van der Waals surface area contributed by atoms with Gasteiger partial charge >= 0.3 is 5.97 Å². The van der Waals surface area contributed by atoms with Crippen molar-refractivity contribution < 1.29 is 28.6 Å². The molecule has 2 aromatic carbocycles. The van der Waals surface area contributed by atoms with E-state index >= 15 is 0 Å². The van der Waals surface area contributed by atoms with Crippen LogP contribution in [0.4, 0.5) is 4.39 Å². The zero-order valence-electron chi connectivity index (χ0n) is 18.9. The molecule has 2 rings (SSSR count). The van der Waals surface area contributed by atoms with Crippen LogP contribution in [0.5, 0.6) is 0 Å². The van der Waals surface area contributed by atoms with Crippen LogP contribution in [0.3, 0.4) is 0 Å². The van der Waals surface area contributed by atoms with E-state index in [0.717, 1.165) is 10.4 Å². The Hall–Kier alpha value is -1.33. The van der Waals surface area contributed by atoms with Gasteiger partial charge in [-0.05, 0) is 22.3 Å². The lowest BCUT2D eigenvalue weighted by molar-refractivity contribution is -0.157. The average Bonchev–Trinajstić information content (AvgIpc) is 2.78. The lowest BCUT2D eigenvalue weighted by Crippen LogP contribution is -2.67. The summed E-state index contributed by atoms with van der Waals surface area (Å²) >= 11 is 1.94. The van der Waals surface area contributed by atoms with Gasteiger partial charge in [0, 0.05) is 6.61 Å². The second-order valence-corrected chi connectivity index (χ2v) is 14.5. The van der Waals surface area contributed by atoms with Gasteiger partial charge < -0.3 is 19.4 Å². The fourth-order valence-corrected chi connectivity index (χ4v) is 9.34. The number of alkyl halides is 2. The third-order valence-corrected chi connectivity index (χ3v) is 11.5. The summed E-state index contributed by atoms with van der Waals surface area (Å²) in [5.41, 5.74) is 0. The van der Waals surface area contributed by atoms with Gasteiger partial charge in [-0.2, -0.15) is 0 Å². The summed E-state index contributed by atoms with van der Waals surface area (Å²) in [6, 6.07) is 20.0. The maximum Gasteiger partial charge on any atom is 0.343 e. The molecule has 0 aromatic heterocycles. The molecule has 176 valence electrons. The molecule has 0 unspecified atom stereocenters. The topological polar surface area (TPSA) is 76.0 Å². The van der Waals surface area contributed by atoms with Gasteiger partial charge in [0.1, 0.15) is 6.10 Å². The van der Waals surface area contributed by atoms with Crippen molar-refractivity contribution in [3.05, 3.63) is 60.7 Å². The maximum atomic E-state index is 14.3. The standard InChI is InChI=1S/C24H32FIO5Si/c1-5-30-23(29)20(25)22(28)21(27)19(26)16-31-32(24(2,3)4,17-12-8-6-9-13-17)18-14-10-7-11-15-18/h6-15,19-22,27-28H,5,16H2,1-4H3/t19-,20-,21-,22+/m1/s1. The van der Waals surface area contributed by atoms with E-state index in [4.69, 9.17) is 4.43 Å². The Labute approximate surface area is 204 Å². The molecule has 0 aliphatic heterocycles.